The van der Waals surface area contributed by atoms with E-state index in [1.807, 2.05) is 12.1 Å². The summed E-state index contributed by atoms with van der Waals surface area (Å²) in [4.78, 5) is 0. The van der Waals surface area contributed by atoms with Crippen molar-refractivity contribution < 1.29 is 9.15 Å². The topological polar surface area (TPSA) is 34.4 Å². The quantitative estimate of drug-likeness (QED) is 0.899. The van der Waals surface area contributed by atoms with Gasteiger partial charge >= 0.3 is 0 Å². The van der Waals surface area contributed by atoms with Crippen LogP contribution in [0.2, 0.25) is 0 Å². The van der Waals surface area contributed by atoms with Gasteiger partial charge in [0.25, 0.3) is 0 Å². The van der Waals surface area contributed by atoms with Crippen molar-refractivity contribution in [2.24, 2.45) is 5.92 Å². The third-order valence-corrected chi connectivity index (χ3v) is 4.30. The van der Waals surface area contributed by atoms with Crippen LogP contribution in [0.25, 0.3) is 11.0 Å². The summed E-state index contributed by atoms with van der Waals surface area (Å²) in [5.41, 5.74) is 2.24. The van der Waals surface area contributed by atoms with Crippen LogP contribution in [0.4, 0.5) is 0 Å². The average Bonchev–Trinajstić information content (AvgIpc) is 3.08. The van der Waals surface area contributed by atoms with Crippen molar-refractivity contribution in [1.82, 2.24) is 5.32 Å². The minimum Gasteiger partial charge on any atom is -0.459 e. The third-order valence-electron chi connectivity index (χ3n) is 4.30. The summed E-state index contributed by atoms with van der Waals surface area (Å²) < 4.78 is 11.4. The second-order valence-electron chi connectivity index (χ2n) is 5.78. The highest BCUT2D eigenvalue weighted by molar-refractivity contribution is 5.82. The predicted octanol–water partition coefficient (Wildman–Crippen LogP) is 3.82. The fourth-order valence-electron chi connectivity index (χ4n) is 3.01. The van der Waals surface area contributed by atoms with Gasteiger partial charge in [-0.15, -0.1) is 0 Å². The smallest absolute Gasteiger partial charge is 0.134 e. The first-order valence-electron chi connectivity index (χ1n) is 7.55. The van der Waals surface area contributed by atoms with Gasteiger partial charge in [-0.1, -0.05) is 18.2 Å². The van der Waals surface area contributed by atoms with E-state index in [1.54, 1.807) is 0 Å². The summed E-state index contributed by atoms with van der Waals surface area (Å²) >= 11 is 0. The maximum atomic E-state index is 6.00. The Morgan fingerprint density at radius 2 is 2.20 bits per heavy atom. The first kappa shape index (κ1) is 13.7. The van der Waals surface area contributed by atoms with Gasteiger partial charge in [0.1, 0.15) is 11.3 Å². The molecule has 1 aliphatic heterocycles. The molecule has 0 amide bonds. The van der Waals surface area contributed by atoms with Gasteiger partial charge in [-0.2, -0.15) is 0 Å². The van der Waals surface area contributed by atoms with Crippen molar-refractivity contribution >= 4 is 11.0 Å². The predicted molar refractivity (Wildman–Crippen MR) is 80.9 cm³/mol. The molecule has 1 aromatic carbocycles. The SMILES string of the molecule is Cc1c(C(C)NCCC2CCOC2)oc2ccccc12. The summed E-state index contributed by atoms with van der Waals surface area (Å²) in [5, 5.41) is 4.80. The van der Waals surface area contributed by atoms with Crippen LogP contribution in [0.3, 0.4) is 0 Å². The number of nitrogens with one attached hydrogen (secondary N) is 1. The normalized spacial score (nSPS) is 20.6. The molecule has 2 unspecified atom stereocenters. The molecule has 108 valence electrons. The average molecular weight is 273 g/mol. The fourth-order valence-corrected chi connectivity index (χ4v) is 3.01. The summed E-state index contributed by atoms with van der Waals surface area (Å²) in [6.07, 6.45) is 2.39. The Morgan fingerprint density at radius 3 is 2.95 bits per heavy atom. The van der Waals surface area contributed by atoms with Gasteiger partial charge in [0.15, 0.2) is 0 Å². The highest BCUT2D eigenvalue weighted by Gasteiger charge is 2.18. The number of hydrogen-bond acceptors (Lipinski definition) is 3. The number of fused-ring (bicyclic) bond motifs is 1. The van der Waals surface area contributed by atoms with Crippen molar-refractivity contribution in [3.05, 3.63) is 35.6 Å². The van der Waals surface area contributed by atoms with E-state index in [4.69, 9.17) is 9.15 Å². The van der Waals surface area contributed by atoms with E-state index in [-0.39, 0.29) is 6.04 Å². The molecule has 0 radical (unpaired) electrons. The van der Waals surface area contributed by atoms with E-state index in [1.165, 1.54) is 23.8 Å². The lowest BCUT2D eigenvalue weighted by molar-refractivity contribution is 0.184. The number of rotatable bonds is 5. The standard InChI is InChI=1S/C17H23NO2/c1-12-15-5-3-4-6-16(15)20-17(12)13(2)18-9-7-14-8-10-19-11-14/h3-6,13-14,18H,7-11H2,1-2H3. The van der Waals surface area contributed by atoms with Gasteiger partial charge in [0.2, 0.25) is 0 Å². The van der Waals surface area contributed by atoms with Crippen molar-refractivity contribution in [1.29, 1.82) is 0 Å². The first-order valence-corrected chi connectivity index (χ1v) is 7.55. The Balaban J connectivity index is 1.62. The number of hydrogen-bond donors (Lipinski definition) is 1. The van der Waals surface area contributed by atoms with E-state index in [9.17, 15) is 0 Å². The second-order valence-corrected chi connectivity index (χ2v) is 5.78. The van der Waals surface area contributed by atoms with Crippen molar-refractivity contribution in [2.45, 2.75) is 32.7 Å². The molecule has 2 aromatic rings. The Kier molecular flexibility index (Phi) is 4.08. The molecule has 3 rings (SSSR count). The van der Waals surface area contributed by atoms with E-state index in [2.05, 4.69) is 31.3 Å². The molecule has 1 fully saturated rings. The molecular formula is C17H23NO2. The Bertz CT molecular complexity index is 569. The first-order chi connectivity index (χ1) is 9.75. The number of ether oxygens (including phenoxy) is 1. The van der Waals surface area contributed by atoms with Crippen LogP contribution < -0.4 is 5.32 Å². The van der Waals surface area contributed by atoms with Gasteiger partial charge in [-0.3, -0.25) is 0 Å². The van der Waals surface area contributed by atoms with Crippen LogP contribution in [-0.4, -0.2) is 19.8 Å². The van der Waals surface area contributed by atoms with Gasteiger partial charge in [-0.05, 0) is 50.8 Å². The van der Waals surface area contributed by atoms with E-state index in [0.29, 0.717) is 0 Å². The molecule has 2 atom stereocenters. The third kappa shape index (κ3) is 2.74. The number of benzene rings is 1. The van der Waals surface area contributed by atoms with Crippen molar-refractivity contribution in [3.63, 3.8) is 0 Å². The fraction of sp³-hybridized carbons (Fsp3) is 0.529. The number of para-hydroxylation sites is 1. The Hall–Kier alpha value is -1.32. The molecule has 3 heteroatoms. The Morgan fingerprint density at radius 1 is 1.35 bits per heavy atom. The van der Waals surface area contributed by atoms with Crippen LogP contribution in [0.5, 0.6) is 0 Å². The van der Waals surface area contributed by atoms with Crippen LogP contribution in [0.1, 0.15) is 37.1 Å². The molecular weight excluding hydrogens is 250 g/mol. The molecule has 1 aliphatic rings. The zero-order valence-electron chi connectivity index (χ0n) is 12.3. The number of furan rings is 1. The maximum absolute atomic E-state index is 6.00. The molecule has 0 bridgehead atoms. The highest BCUT2D eigenvalue weighted by Crippen LogP contribution is 2.29. The van der Waals surface area contributed by atoms with Gasteiger partial charge < -0.3 is 14.5 Å². The largest absolute Gasteiger partial charge is 0.459 e. The van der Waals surface area contributed by atoms with Crippen LogP contribution in [-0.2, 0) is 4.74 Å². The molecule has 1 N–H and O–H groups in total. The highest BCUT2D eigenvalue weighted by atomic mass is 16.5. The van der Waals surface area contributed by atoms with Crippen LogP contribution >= 0.6 is 0 Å². The molecule has 1 aromatic heterocycles. The summed E-state index contributed by atoms with van der Waals surface area (Å²) in [6, 6.07) is 8.50. The van der Waals surface area contributed by atoms with E-state index < -0.39 is 0 Å². The monoisotopic (exact) mass is 273 g/mol. The lowest BCUT2D eigenvalue weighted by Gasteiger charge is -2.14. The van der Waals surface area contributed by atoms with Crippen molar-refractivity contribution in [2.75, 3.05) is 19.8 Å². The molecule has 1 saturated heterocycles. The maximum Gasteiger partial charge on any atom is 0.134 e. The van der Waals surface area contributed by atoms with Crippen LogP contribution in [0.15, 0.2) is 28.7 Å². The van der Waals surface area contributed by atoms with Gasteiger partial charge in [-0.25, -0.2) is 0 Å². The van der Waals surface area contributed by atoms with Gasteiger partial charge in [0.05, 0.1) is 6.04 Å². The molecule has 2 heterocycles. The van der Waals surface area contributed by atoms with E-state index >= 15 is 0 Å². The molecule has 0 aliphatic carbocycles. The zero-order chi connectivity index (χ0) is 13.9. The molecule has 0 spiro atoms. The second kappa shape index (κ2) is 5.98. The Labute approximate surface area is 120 Å². The lowest BCUT2D eigenvalue weighted by atomic mass is 10.0. The summed E-state index contributed by atoms with van der Waals surface area (Å²) in [6.45, 7) is 7.20. The lowest BCUT2D eigenvalue weighted by Crippen LogP contribution is -2.22. The molecule has 20 heavy (non-hydrogen) atoms. The van der Waals surface area contributed by atoms with Crippen LogP contribution in [0, 0.1) is 12.8 Å². The van der Waals surface area contributed by atoms with Crippen molar-refractivity contribution in [3.8, 4) is 0 Å². The van der Waals surface area contributed by atoms with Gasteiger partial charge in [0, 0.05) is 18.6 Å². The summed E-state index contributed by atoms with van der Waals surface area (Å²) in [5.74, 6) is 1.79. The molecule has 0 saturated carbocycles. The van der Waals surface area contributed by atoms with E-state index in [0.717, 1.165) is 37.0 Å². The minimum absolute atomic E-state index is 0.254. The summed E-state index contributed by atoms with van der Waals surface area (Å²) in [7, 11) is 0. The zero-order valence-corrected chi connectivity index (χ0v) is 12.3. The minimum atomic E-state index is 0.254. The number of aryl methyl sites for hydroxylation is 1. The molecule has 3 nitrogen and oxygen atoms in total.